The van der Waals surface area contributed by atoms with Crippen molar-refractivity contribution in [3.8, 4) is 0 Å². The van der Waals surface area contributed by atoms with Crippen LogP contribution in [0.1, 0.15) is 12.8 Å². The molecule has 1 aliphatic heterocycles. The quantitative estimate of drug-likeness (QED) is 0.917. The largest absolute Gasteiger partial charge is 0.361 e. The van der Waals surface area contributed by atoms with Crippen LogP contribution in [0.25, 0.3) is 0 Å². The molecule has 0 aliphatic carbocycles. The van der Waals surface area contributed by atoms with E-state index >= 15 is 0 Å². The molecule has 1 aromatic heterocycles. The second-order valence-electron chi connectivity index (χ2n) is 3.68. The first-order valence-electron chi connectivity index (χ1n) is 4.85. The summed E-state index contributed by atoms with van der Waals surface area (Å²) in [7, 11) is -3.28. The Morgan fingerprint density at radius 2 is 2.06 bits per heavy atom. The molecule has 0 unspecified atom stereocenters. The van der Waals surface area contributed by atoms with Crippen molar-refractivity contribution in [3.63, 3.8) is 0 Å². The summed E-state index contributed by atoms with van der Waals surface area (Å²) in [5.74, 6) is 0. The average Bonchev–Trinajstić information content (AvgIpc) is 2.71. The highest BCUT2D eigenvalue weighted by atomic mass is 35.5. The number of hydrogen-bond donors (Lipinski definition) is 1. The molecule has 2 heterocycles. The van der Waals surface area contributed by atoms with E-state index in [1.54, 1.807) is 0 Å². The first-order valence-corrected chi connectivity index (χ1v) is 7.93. The second kappa shape index (κ2) is 4.38. The van der Waals surface area contributed by atoms with Gasteiger partial charge in [-0.1, -0.05) is 22.9 Å². The third-order valence-corrected chi connectivity index (χ3v) is 4.34. The predicted molar refractivity (Wildman–Crippen MR) is 67.0 cm³/mol. The van der Waals surface area contributed by atoms with E-state index in [1.807, 2.05) is 0 Å². The monoisotopic (exact) mass is 281 g/mol. The number of aromatic nitrogens is 1. The van der Waals surface area contributed by atoms with Gasteiger partial charge in [0.15, 0.2) is 10.3 Å². The van der Waals surface area contributed by atoms with E-state index in [1.165, 1.54) is 11.3 Å². The SMILES string of the molecule is CS(=O)(=O)Nc1nc(Cl)c(N2CCCC2)s1. The van der Waals surface area contributed by atoms with Gasteiger partial charge in [-0.25, -0.2) is 13.4 Å². The van der Waals surface area contributed by atoms with Gasteiger partial charge in [-0.2, -0.15) is 0 Å². The molecule has 0 atom stereocenters. The Morgan fingerprint density at radius 3 is 2.62 bits per heavy atom. The molecule has 1 saturated heterocycles. The number of nitrogens with one attached hydrogen (secondary N) is 1. The van der Waals surface area contributed by atoms with Crippen molar-refractivity contribution in [1.82, 2.24) is 4.98 Å². The maximum atomic E-state index is 11.0. The van der Waals surface area contributed by atoms with Gasteiger partial charge in [-0.3, -0.25) is 4.72 Å². The van der Waals surface area contributed by atoms with Crippen LogP contribution in [-0.2, 0) is 10.0 Å². The summed E-state index contributed by atoms with van der Waals surface area (Å²) in [6.07, 6.45) is 3.38. The highest BCUT2D eigenvalue weighted by Gasteiger charge is 2.20. The third kappa shape index (κ3) is 2.78. The Labute approximate surface area is 103 Å². The summed E-state index contributed by atoms with van der Waals surface area (Å²) >= 11 is 7.25. The van der Waals surface area contributed by atoms with Gasteiger partial charge < -0.3 is 4.90 Å². The molecule has 0 bridgehead atoms. The maximum Gasteiger partial charge on any atom is 0.231 e. The highest BCUT2D eigenvalue weighted by molar-refractivity contribution is 7.92. The number of thiazole rings is 1. The number of rotatable bonds is 3. The molecule has 2 rings (SSSR count). The topological polar surface area (TPSA) is 62.3 Å². The van der Waals surface area contributed by atoms with Crippen molar-refractivity contribution in [2.75, 3.05) is 29.0 Å². The van der Waals surface area contributed by atoms with Crippen LogP contribution >= 0.6 is 22.9 Å². The van der Waals surface area contributed by atoms with Crippen molar-refractivity contribution in [3.05, 3.63) is 5.15 Å². The molecule has 5 nitrogen and oxygen atoms in total. The van der Waals surface area contributed by atoms with Crippen molar-refractivity contribution in [2.24, 2.45) is 0 Å². The van der Waals surface area contributed by atoms with E-state index in [0.29, 0.717) is 10.3 Å². The molecule has 0 saturated carbocycles. The second-order valence-corrected chi connectivity index (χ2v) is 6.77. The minimum absolute atomic E-state index is 0.328. The van der Waals surface area contributed by atoms with Gasteiger partial charge in [0.1, 0.15) is 5.00 Å². The minimum atomic E-state index is -3.28. The number of anilines is 2. The fourth-order valence-electron chi connectivity index (χ4n) is 1.61. The summed E-state index contributed by atoms with van der Waals surface area (Å²) in [5, 5.41) is 1.55. The lowest BCUT2D eigenvalue weighted by molar-refractivity contribution is 0.607. The Bertz CT molecular complexity index is 479. The fourth-order valence-corrected chi connectivity index (χ4v) is 3.73. The molecular formula is C8H12ClN3O2S2. The molecule has 0 spiro atoms. The first kappa shape index (κ1) is 11.9. The van der Waals surface area contributed by atoms with Crippen LogP contribution in [0.2, 0.25) is 5.15 Å². The first-order chi connectivity index (χ1) is 7.46. The van der Waals surface area contributed by atoms with E-state index < -0.39 is 10.0 Å². The molecule has 0 radical (unpaired) electrons. The molecule has 0 amide bonds. The van der Waals surface area contributed by atoms with Crippen LogP contribution in [0, 0.1) is 0 Å². The van der Waals surface area contributed by atoms with Crippen LogP contribution in [0.5, 0.6) is 0 Å². The van der Waals surface area contributed by atoms with E-state index in [4.69, 9.17) is 11.6 Å². The lowest BCUT2D eigenvalue weighted by Gasteiger charge is -2.13. The normalized spacial score (nSPS) is 16.8. The van der Waals surface area contributed by atoms with E-state index in [-0.39, 0.29) is 0 Å². The molecule has 0 aromatic carbocycles. The van der Waals surface area contributed by atoms with E-state index in [2.05, 4.69) is 14.6 Å². The highest BCUT2D eigenvalue weighted by Crippen LogP contribution is 2.37. The predicted octanol–water partition coefficient (Wildman–Crippen LogP) is 1.77. The van der Waals surface area contributed by atoms with Gasteiger partial charge in [-0.05, 0) is 12.8 Å². The smallest absolute Gasteiger partial charge is 0.231 e. The number of sulfonamides is 1. The summed E-state index contributed by atoms with van der Waals surface area (Å²) in [5.41, 5.74) is 0. The van der Waals surface area contributed by atoms with Crippen molar-refractivity contribution in [2.45, 2.75) is 12.8 Å². The third-order valence-electron chi connectivity index (χ3n) is 2.24. The zero-order chi connectivity index (χ0) is 11.8. The Hall–Kier alpha value is -0.530. The van der Waals surface area contributed by atoms with Crippen LogP contribution in [0.4, 0.5) is 10.1 Å². The summed E-state index contributed by atoms with van der Waals surface area (Å²) in [4.78, 5) is 6.12. The molecule has 16 heavy (non-hydrogen) atoms. The standard InChI is InChI=1S/C8H12ClN3O2S2/c1-16(13,14)11-8-10-6(9)7(15-8)12-4-2-3-5-12/h2-5H2,1H3,(H,10,11). The lowest BCUT2D eigenvalue weighted by atomic mass is 10.4. The van der Waals surface area contributed by atoms with Gasteiger partial charge in [0.05, 0.1) is 6.26 Å². The molecular weight excluding hydrogens is 270 g/mol. The zero-order valence-electron chi connectivity index (χ0n) is 8.73. The molecule has 1 N–H and O–H groups in total. The number of nitrogens with zero attached hydrogens (tertiary/aromatic N) is 2. The van der Waals surface area contributed by atoms with Crippen molar-refractivity contribution in [1.29, 1.82) is 0 Å². The summed E-state index contributed by atoms with van der Waals surface area (Å²) in [6, 6.07) is 0. The summed E-state index contributed by atoms with van der Waals surface area (Å²) < 4.78 is 24.4. The van der Waals surface area contributed by atoms with Crippen LogP contribution in [0.3, 0.4) is 0 Å². The summed E-state index contributed by atoms with van der Waals surface area (Å²) in [6.45, 7) is 1.92. The number of halogens is 1. The minimum Gasteiger partial charge on any atom is -0.361 e. The Kier molecular flexibility index (Phi) is 3.27. The van der Waals surface area contributed by atoms with Crippen molar-refractivity contribution >= 4 is 43.1 Å². The van der Waals surface area contributed by atoms with Crippen molar-refractivity contribution < 1.29 is 8.42 Å². The number of hydrogen-bond acceptors (Lipinski definition) is 5. The zero-order valence-corrected chi connectivity index (χ0v) is 11.1. The van der Waals surface area contributed by atoms with Gasteiger partial charge in [0.25, 0.3) is 0 Å². The lowest BCUT2D eigenvalue weighted by Crippen LogP contribution is -2.16. The fraction of sp³-hybridized carbons (Fsp3) is 0.625. The van der Waals surface area contributed by atoms with Gasteiger partial charge in [-0.15, -0.1) is 0 Å². The molecule has 1 aromatic rings. The average molecular weight is 282 g/mol. The van der Waals surface area contributed by atoms with Gasteiger partial charge >= 0.3 is 0 Å². The molecule has 1 aliphatic rings. The molecule has 1 fully saturated rings. The Balaban J connectivity index is 2.21. The molecule has 8 heteroatoms. The van der Waals surface area contributed by atoms with E-state index in [0.717, 1.165) is 37.2 Å². The van der Waals surface area contributed by atoms with Crippen LogP contribution in [-0.4, -0.2) is 32.7 Å². The van der Waals surface area contributed by atoms with E-state index in [9.17, 15) is 8.42 Å². The van der Waals surface area contributed by atoms with Gasteiger partial charge in [0, 0.05) is 13.1 Å². The van der Waals surface area contributed by atoms with Crippen LogP contribution in [0.15, 0.2) is 0 Å². The molecule has 90 valence electrons. The maximum absolute atomic E-state index is 11.0. The van der Waals surface area contributed by atoms with Crippen LogP contribution < -0.4 is 9.62 Å². The van der Waals surface area contributed by atoms with Gasteiger partial charge in [0.2, 0.25) is 10.0 Å². The Morgan fingerprint density at radius 1 is 1.44 bits per heavy atom.